The topological polar surface area (TPSA) is 66.6 Å². The molecule has 4 nitrogen and oxygen atoms in total. The molecule has 0 spiro atoms. The van der Waals surface area contributed by atoms with E-state index in [1.165, 1.54) is 12.1 Å². The normalized spacial score (nSPS) is 16.0. The lowest BCUT2D eigenvalue weighted by atomic mass is 9.87. The van der Waals surface area contributed by atoms with Gasteiger partial charge < -0.3 is 15.7 Å². The maximum absolute atomic E-state index is 13.0. The smallest absolute Gasteiger partial charge is 0.227 e. The van der Waals surface area contributed by atoms with Crippen LogP contribution in [0.1, 0.15) is 30.1 Å². The van der Waals surface area contributed by atoms with Crippen LogP contribution < -0.4 is 5.73 Å². The summed E-state index contributed by atoms with van der Waals surface area (Å²) in [6.07, 6.45) is 1.14. The number of nitrogen functional groups attached to an aromatic ring is 1. The number of hydrogen-bond donors (Lipinski definition) is 2. The molecule has 3 N–H and O–H groups in total. The van der Waals surface area contributed by atoms with Gasteiger partial charge in [-0.3, -0.25) is 4.79 Å². The monoisotopic (exact) mass is 378 g/mol. The molecule has 2 aromatic rings. The van der Waals surface area contributed by atoms with Gasteiger partial charge in [-0.05, 0) is 48.1 Å². The Kier molecular flexibility index (Phi) is 7.00. The number of carbonyl (C=O) groups is 1. The van der Waals surface area contributed by atoms with E-state index in [-0.39, 0.29) is 30.0 Å². The fourth-order valence-electron chi connectivity index (χ4n) is 3.37. The lowest BCUT2D eigenvalue weighted by Crippen LogP contribution is -2.40. The molecule has 0 bridgehead atoms. The third kappa shape index (κ3) is 4.74. The van der Waals surface area contributed by atoms with Gasteiger partial charge in [0.1, 0.15) is 5.82 Å². The maximum Gasteiger partial charge on any atom is 0.227 e. The van der Waals surface area contributed by atoms with Crippen LogP contribution in [0.4, 0.5) is 10.1 Å². The number of hydrogen-bond acceptors (Lipinski definition) is 3. The minimum Gasteiger partial charge on any atom is -0.398 e. The Bertz CT molecular complexity index is 731. The summed E-state index contributed by atoms with van der Waals surface area (Å²) in [7, 11) is 0. The van der Waals surface area contributed by atoms with Crippen molar-refractivity contribution in [3.63, 3.8) is 0 Å². The van der Waals surface area contributed by atoms with Crippen LogP contribution in [0, 0.1) is 11.7 Å². The van der Waals surface area contributed by atoms with E-state index in [2.05, 4.69) is 0 Å². The highest BCUT2D eigenvalue weighted by atomic mass is 35.5. The lowest BCUT2D eigenvalue weighted by Gasteiger charge is -2.34. The number of anilines is 1. The van der Waals surface area contributed by atoms with Crippen molar-refractivity contribution >= 4 is 24.0 Å². The molecule has 1 aliphatic rings. The van der Waals surface area contributed by atoms with Crippen LogP contribution in [0.5, 0.6) is 0 Å². The van der Waals surface area contributed by atoms with E-state index in [9.17, 15) is 14.3 Å². The van der Waals surface area contributed by atoms with Gasteiger partial charge in [-0.2, -0.15) is 0 Å². The number of nitrogens with two attached hydrogens (primary N) is 1. The number of amides is 1. The molecule has 0 aliphatic carbocycles. The molecule has 2 aromatic carbocycles. The largest absolute Gasteiger partial charge is 0.398 e. The number of nitrogens with zero attached hydrogens (tertiary/aromatic N) is 1. The third-order valence-electron chi connectivity index (χ3n) is 4.95. The molecular weight excluding hydrogens is 355 g/mol. The van der Waals surface area contributed by atoms with E-state index in [1.807, 2.05) is 23.1 Å². The Hall–Kier alpha value is -2.11. The van der Waals surface area contributed by atoms with E-state index in [4.69, 9.17) is 5.73 Å². The van der Waals surface area contributed by atoms with Crippen molar-refractivity contribution in [1.82, 2.24) is 4.90 Å². The summed E-state index contributed by atoms with van der Waals surface area (Å²) in [6, 6.07) is 13.4. The van der Waals surface area contributed by atoms with Crippen LogP contribution in [-0.4, -0.2) is 29.0 Å². The summed E-state index contributed by atoms with van der Waals surface area (Å²) in [5.41, 5.74) is 8.11. The second-order valence-electron chi connectivity index (χ2n) is 6.59. The number of likely N-dealkylation sites (tertiary alicyclic amines) is 1. The fraction of sp³-hybridized carbons (Fsp3) is 0.350. The average molecular weight is 379 g/mol. The first-order valence-corrected chi connectivity index (χ1v) is 8.59. The predicted octanol–water partition coefficient (Wildman–Crippen LogP) is 3.34. The summed E-state index contributed by atoms with van der Waals surface area (Å²) in [5.74, 6) is -0.166. The van der Waals surface area contributed by atoms with Gasteiger partial charge in [-0.25, -0.2) is 4.39 Å². The molecule has 0 saturated carbocycles. The molecule has 1 amide bonds. The van der Waals surface area contributed by atoms with Gasteiger partial charge in [-0.1, -0.05) is 30.3 Å². The van der Waals surface area contributed by atoms with E-state index in [0.29, 0.717) is 25.2 Å². The van der Waals surface area contributed by atoms with Crippen LogP contribution in [0.25, 0.3) is 0 Å². The van der Waals surface area contributed by atoms with Gasteiger partial charge >= 0.3 is 0 Å². The van der Waals surface area contributed by atoms with Crippen molar-refractivity contribution in [2.45, 2.75) is 25.4 Å². The van der Waals surface area contributed by atoms with Gasteiger partial charge in [0.2, 0.25) is 5.91 Å². The second-order valence-corrected chi connectivity index (χ2v) is 6.59. The van der Waals surface area contributed by atoms with E-state index < -0.39 is 6.10 Å². The Morgan fingerprint density at radius 1 is 1.15 bits per heavy atom. The first-order valence-electron chi connectivity index (χ1n) is 8.59. The zero-order valence-electron chi connectivity index (χ0n) is 14.5. The van der Waals surface area contributed by atoms with Crippen molar-refractivity contribution in [2.75, 3.05) is 18.8 Å². The quantitative estimate of drug-likeness (QED) is 0.802. The molecule has 3 rings (SSSR count). The Morgan fingerprint density at radius 2 is 1.77 bits per heavy atom. The molecule has 0 aromatic heterocycles. The Morgan fingerprint density at radius 3 is 2.38 bits per heavy atom. The van der Waals surface area contributed by atoms with Crippen molar-refractivity contribution in [3.05, 3.63) is 65.5 Å². The Labute approximate surface area is 159 Å². The summed E-state index contributed by atoms with van der Waals surface area (Å²) in [4.78, 5) is 14.3. The van der Waals surface area contributed by atoms with Crippen LogP contribution in [0.2, 0.25) is 0 Å². The van der Waals surface area contributed by atoms with Crippen molar-refractivity contribution in [3.8, 4) is 0 Å². The number of benzene rings is 2. The molecule has 0 radical (unpaired) electrons. The number of piperidine rings is 1. The number of aliphatic hydroxyl groups is 1. The number of aliphatic hydroxyl groups excluding tert-OH is 1. The fourth-order valence-corrected chi connectivity index (χ4v) is 3.37. The summed E-state index contributed by atoms with van der Waals surface area (Å²) < 4.78 is 13.0. The Balaban J connectivity index is 0.00000243. The number of halogens is 2. The van der Waals surface area contributed by atoms with E-state index in [0.717, 1.165) is 24.0 Å². The molecule has 1 heterocycles. The van der Waals surface area contributed by atoms with Crippen LogP contribution in [0.3, 0.4) is 0 Å². The van der Waals surface area contributed by atoms with Crippen molar-refractivity contribution in [2.24, 2.45) is 5.92 Å². The van der Waals surface area contributed by atoms with Gasteiger partial charge in [0.15, 0.2) is 0 Å². The molecule has 26 heavy (non-hydrogen) atoms. The van der Waals surface area contributed by atoms with Gasteiger partial charge in [0, 0.05) is 18.8 Å². The van der Waals surface area contributed by atoms with E-state index in [1.54, 1.807) is 18.2 Å². The first kappa shape index (κ1) is 20.2. The third-order valence-corrected chi connectivity index (χ3v) is 4.95. The van der Waals surface area contributed by atoms with Crippen LogP contribution in [-0.2, 0) is 11.2 Å². The highest BCUT2D eigenvalue weighted by Gasteiger charge is 2.28. The lowest BCUT2D eigenvalue weighted by molar-refractivity contribution is -0.132. The molecule has 1 atom stereocenters. The molecule has 1 fully saturated rings. The second kappa shape index (κ2) is 9.01. The predicted molar refractivity (Wildman–Crippen MR) is 102 cm³/mol. The summed E-state index contributed by atoms with van der Waals surface area (Å²) in [5, 5.41) is 10.5. The number of para-hydroxylation sites is 1. The molecule has 1 aliphatic heterocycles. The van der Waals surface area contributed by atoms with Gasteiger partial charge in [-0.15, -0.1) is 12.4 Å². The molecule has 6 heteroatoms. The van der Waals surface area contributed by atoms with E-state index >= 15 is 0 Å². The van der Waals surface area contributed by atoms with Crippen LogP contribution >= 0.6 is 12.4 Å². The van der Waals surface area contributed by atoms with Gasteiger partial charge in [0.25, 0.3) is 0 Å². The number of rotatable bonds is 4. The van der Waals surface area contributed by atoms with Crippen molar-refractivity contribution in [1.29, 1.82) is 0 Å². The maximum atomic E-state index is 13.0. The molecule has 140 valence electrons. The molecular formula is C20H24ClFN2O2. The minimum absolute atomic E-state index is 0. The highest BCUT2D eigenvalue weighted by molar-refractivity contribution is 5.85. The molecule has 1 unspecified atom stereocenters. The zero-order valence-corrected chi connectivity index (χ0v) is 15.3. The molecule has 1 saturated heterocycles. The first-order chi connectivity index (χ1) is 12.0. The summed E-state index contributed by atoms with van der Waals surface area (Å²) >= 11 is 0. The zero-order chi connectivity index (χ0) is 17.8. The van der Waals surface area contributed by atoms with Crippen LogP contribution in [0.15, 0.2) is 48.5 Å². The highest BCUT2D eigenvalue weighted by Crippen LogP contribution is 2.31. The standard InChI is InChI=1S/C20H23FN2O2.ClH/c21-17-7-5-14(6-8-17)20(25)15-9-11-23(12-10-15)19(24)13-16-3-1-2-4-18(16)22;/h1-8,15,20,25H,9-13,22H2;1H. The minimum atomic E-state index is -0.623. The van der Waals surface area contributed by atoms with Crippen molar-refractivity contribution < 1.29 is 14.3 Å². The number of carbonyl (C=O) groups excluding carboxylic acids is 1. The average Bonchev–Trinajstić information content (AvgIpc) is 2.64. The summed E-state index contributed by atoms with van der Waals surface area (Å²) in [6.45, 7) is 1.24. The van der Waals surface area contributed by atoms with Gasteiger partial charge in [0.05, 0.1) is 12.5 Å². The SMILES string of the molecule is Cl.Nc1ccccc1CC(=O)N1CCC(C(O)c2ccc(F)cc2)CC1.